The molecule has 0 aliphatic carbocycles. The number of rotatable bonds is 11. The fourth-order valence-corrected chi connectivity index (χ4v) is 3.14. The number of aliphatic hydroxyl groups excluding tert-OH is 1. The average molecular weight is 465 g/mol. The minimum absolute atomic E-state index is 0.163. The fourth-order valence-electron chi connectivity index (χ4n) is 2.99. The third-order valence-electron chi connectivity index (χ3n) is 5.44. The van der Waals surface area contributed by atoms with Crippen molar-refractivity contribution in [1.82, 2.24) is 15.3 Å². The number of nitrogens with zero attached hydrogens (tertiary/aromatic N) is 2. The van der Waals surface area contributed by atoms with Crippen LogP contribution in [0.15, 0.2) is 55.3 Å². The maximum absolute atomic E-state index is 9.88. The second kappa shape index (κ2) is 11.6. The maximum Gasteiger partial charge on any atom is 0.186 e. The highest BCUT2D eigenvalue weighted by Crippen LogP contribution is 2.28. The molecule has 0 aliphatic heterocycles. The van der Waals surface area contributed by atoms with Crippen LogP contribution in [0.4, 0.5) is 0 Å². The van der Waals surface area contributed by atoms with Gasteiger partial charge in [-0.05, 0) is 58.4 Å². The van der Waals surface area contributed by atoms with Crippen LogP contribution >= 0.6 is 9.24 Å². The summed E-state index contributed by atoms with van der Waals surface area (Å²) in [5, 5.41) is 13.1. The zero-order valence-corrected chi connectivity index (χ0v) is 21.9. The van der Waals surface area contributed by atoms with E-state index in [-0.39, 0.29) is 11.3 Å². The van der Waals surface area contributed by atoms with E-state index in [1.807, 2.05) is 38.4 Å². The Morgan fingerprint density at radius 1 is 1.21 bits per heavy atom. The van der Waals surface area contributed by atoms with Crippen molar-refractivity contribution in [2.75, 3.05) is 0 Å². The first-order valence-corrected chi connectivity index (χ1v) is 11.8. The predicted molar refractivity (Wildman–Crippen MR) is 144 cm³/mol. The number of hydrogen-bond donors (Lipinski definition) is 2. The van der Waals surface area contributed by atoms with Crippen LogP contribution in [0.2, 0.25) is 0 Å². The summed E-state index contributed by atoms with van der Waals surface area (Å²) in [6.07, 6.45) is 4.85. The SMILES string of the molecule is C=C(B/C(C)=C\C)c1cc(OC(C)C(C)O)cc(C(=C)NCc2cnc(C(C)(C)P)nc2)c1. The van der Waals surface area contributed by atoms with Gasteiger partial charge >= 0.3 is 0 Å². The number of aromatic nitrogens is 2. The van der Waals surface area contributed by atoms with Gasteiger partial charge in [0.2, 0.25) is 0 Å². The summed E-state index contributed by atoms with van der Waals surface area (Å²) >= 11 is 0. The van der Waals surface area contributed by atoms with Gasteiger partial charge in [0.15, 0.2) is 7.28 Å². The van der Waals surface area contributed by atoms with E-state index < -0.39 is 6.10 Å². The molecule has 2 aromatic rings. The molecular formula is C26H37BN3O2P. The van der Waals surface area contributed by atoms with Crippen molar-refractivity contribution < 1.29 is 9.84 Å². The van der Waals surface area contributed by atoms with Crippen LogP contribution in [0.3, 0.4) is 0 Å². The smallest absolute Gasteiger partial charge is 0.186 e. The van der Waals surface area contributed by atoms with Crippen molar-refractivity contribution in [2.45, 2.75) is 65.5 Å². The largest absolute Gasteiger partial charge is 0.488 e. The van der Waals surface area contributed by atoms with Gasteiger partial charge in [0.05, 0.1) is 6.10 Å². The van der Waals surface area contributed by atoms with Crippen LogP contribution in [-0.2, 0) is 11.7 Å². The molecule has 176 valence electrons. The lowest BCUT2D eigenvalue weighted by molar-refractivity contribution is 0.0604. The van der Waals surface area contributed by atoms with Gasteiger partial charge < -0.3 is 15.2 Å². The molecule has 0 saturated carbocycles. The number of nitrogens with one attached hydrogen (secondary N) is 1. The maximum atomic E-state index is 9.88. The molecule has 0 aliphatic rings. The monoisotopic (exact) mass is 465 g/mol. The quantitative estimate of drug-likeness (QED) is 0.368. The third kappa shape index (κ3) is 8.14. The van der Waals surface area contributed by atoms with Gasteiger partial charge in [-0.25, -0.2) is 9.97 Å². The molecule has 0 radical (unpaired) electrons. The molecule has 3 atom stereocenters. The molecule has 0 amide bonds. The second-order valence-corrected chi connectivity index (χ2v) is 10.6. The molecule has 2 rings (SSSR count). The van der Waals surface area contributed by atoms with Crippen molar-refractivity contribution in [2.24, 2.45) is 0 Å². The van der Waals surface area contributed by atoms with Gasteiger partial charge in [-0.1, -0.05) is 25.1 Å². The standard InChI is InChI=1S/C26H37BN3O2P/c1-9-16(2)27-17(3)22-10-23(12-24(11-22)32-20(6)19(5)31)18(4)28-13-21-14-29-25(30-15-21)26(7,8)33/h9-12,14-15,19-20,27-28,31H,3-4,13,33H2,1-2,5-8H3/b16-9-. The highest BCUT2D eigenvalue weighted by molar-refractivity contribution is 7.18. The number of benzene rings is 1. The van der Waals surface area contributed by atoms with Crippen molar-refractivity contribution in [3.63, 3.8) is 0 Å². The summed E-state index contributed by atoms with van der Waals surface area (Å²) in [7, 11) is 3.53. The zero-order chi connectivity index (χ0) is 24.8. The predicted octanol–water partition coefficient (Wildman–Crippen LogP) is 4.83. The van der Waals surface area contributed by atoms with E-state index in [1.165, 1.54) is 5.47 Å². The van der Waals surface area contributed by atoms with E-state index in [4.69, 9.17) is 4.74 Å². The van der Waals surface area contributed by atoms with E-state index in [0.29, 0.717) is 12.3 Å². The Morgan fingerprint density at radius 2 is 1.82 bits per heavy atom. The van der Waals surface area contributed by atoms with E-state index in [9.17, 15) is 5.11 Å². The van der Waals surface area contributed by atoms with Crippen LogP contribution in [-0.4, -0.2) is 34.6 Å². The minimum Gasteiger partial charge on any atom is -0.488 e. The van der Waals surface area contributed by atoms with Crippen LogP contribution in [0, 0.1) is 0 Å². The van der Waals surface area contributed by atoms with Crippen LogP contribution in [0.5, 0.6) is 5.75 Å². The van der Waals surface area contributed by atoms with E-state index in [1.54, 1.807) is 6.92 Å². The third-order valence-corrected chi connectivity index (χ3v) is 5.70. The first kappa shape index (κ1) is 26.8. The molecule has 1 heterocycles. The first-order valence-electron chi connectivity index (χ1n) is 11.2. The normalized spacial score (nSPS) is 13.8. The number of hydrogen-bond acceptors (Lipinski definition) is 5. The Bertz CT molecular complexity index is 1010. The lowest BCUT2D eigenvalue weighted by Gasteiger charge is -2.20. The topological polar surface area (TPSA) is 67.3 Å². The van der Waals surface area contributed by atoms with E-state index >= 15 is 0 Å². The van der Waals surface area contributed by atoms with E-state index in [0.717, 1.165) is 41.0 Å². The molecule has 2 N–H and O–H groups in total. The van der Waals surface area contributed by atoms with Gasteiger partial charge in [-0.3, -0.25) is 0 Å². The zero-order valence-electron chi connectivity index (χ0n) is 20.8. The van der Waals surface area contributed by atoms with Gasteiger partial charge in [-0.15, -0.1) is 21.3 Å². The van der Waals surface area contributed by atoms with Gasteiger partial charge in [-0.2, -0.15) is 0 Å². The Labute approximate surface area is 201 Å². The van der Waals surface area contributed by atoms with Gasteiger partial charge in [0.25, 0.3) is 0 Å². The lowest BCUT2D eigenvalue weighted by Crippen LogP contribution is -2.25. The summed E-state index contributed by atoms with van der Waals surface area (Å²) in [5.74, 6) is 1.46. The van der Waals surface area contributed by atoms with Crippen LogP contribution in [0.1, 0.15) is 64.1 Å². The first-order chi connectivity index (χ1) is 15.4. The summed E-state index contributed by atoms with van der Waals surface area (Å²) in [4.78, 5) is 8.95. The molecule has 33 heavy (non-hydrogen) atoms. The highest BCUT2D eigenvalue weighted by Gasteiger charge is 2.17. The molecule has 0 bridgehead atoms. The summed E-state index contributed by atoms with van der Waals surface area (Å²) in [5.41, 5.74) is 5.87. The lowest BCUT2D eigenvalue weighted by atomic mass is 9.61. The van der Waals surface area contributed by atoms with E-state index in [2.05, 4.69) is 70.6 Å². The number of aliphatic hydroxyl groups is 1. The Hall–Kier alpha value is -2.43. The number of allylic oxidation sites excluding steroid dienone is 2. The van der Waals surface area contributed by atoms with Crippen molar-refractivity contribution in [1.29, 1.82) is 0 Å². The molecular weight excluding hydrogens is 428 g/mol. The average Bonchev–Trinajstić information content (AvgIpc) is 2.76. The fraction of sp³-hybridized carbons (Fsp3) is 0.385. The second-order valence-electron chi connectivity index (χ2n) is 9.19. The number of ether oxygens (including phenoxy) is 1. The van der Waals surface area contributed by atoms with Gasteiger partial charge in [0, 0.05) is 40.9 Å². The van der Waals surface area contributed by atoms with Crippen molar-refractivity contribution in [3.8, 4) is 5.75 Å². The Kier molecular flexibility index (Phi) is 9.45. The molecule has 5 nitrogen and oxygen atoms in total. The summed E-state index contributed by atoms with van der Waals surface area (Å²) in [6, 6.07) is 5.97. The molecule has 0 spiro atoms. The van der Waals surface area contributed by atoms with Crippen LogP contribution in [0.25, 0.3) is 11.2 Å². The summed E-state index contributed by atoms with van der Waals surface area (Å²) in [6.45, 7) is 20.9. The van der Waals surface area contributed by atoms with Gasteiger partial charge in [0.1, 0.15) is 17.7 Å². The molecule has 7 heteroatoms. The molecule has 0 fully saturated rings. The van der Waals surface area contributed by atoms with Crippen LogP contribution < -0.4 is 10.1 Å². The van der Waals surface area contributed by atoms with Crippen molar-refractivity contribution in [3.05, 3.63) is 77.8 Å². The Balaban J connectivity index is 2.23. The molecule has 3 unspecified atom stereocenters. The summed E-state index contributed by atoms with van der Waals surface area (Å²) < 4.78 is 6.00. The Morgan fingerprint density at radius 3 is 2.36 bits per heavy atom. The molecule has 0 saturated heterocycles. The highest BCUT2D eigenvalue weighted by atomic mass is 31.0. The molecule has 1 aromatic carbocycles. The minimum atomic E-state index is -0.582. The molecule has 1 aromatic heterocycles. The van der Waals surface area contributed by atoms with Crippen molar-refractivity contribution >= 4 is 27.7 Å².